The van der Waals surface area contributed by atoms with Crippen LogP contribution in [0, 0.1) is 5.92 Å². The molecule has 2 heteroatoms. The van der Waals surface area contributed by atoms with E-state index < -0.39 is 5.54 Å². The summed E-state index contributed by atoms with van der Waals surface area (Å²) in [5.74, 6) is 0.673. The lowest BCUT2D eigenvalue weighted by molar-refractivity contribution is -0.138. The molecule has 2 nitrogen and oxygen atoms in total. The summed E-state index contributed by atoms with van der Waals surface area (Å²) in [7, 11) is 0. The maximum absolute atomic E-state index is 11.7. The Morgan fingerprint density at radius 1 is 1.43 bits per heavy atom. The van der Waals surface area contributed by atoms with E-state index in [9.17, 15) is 4.79 Å². The number of carbonyl (C=O) groups excluding carboxylic acids is 1. The smallest absolute Gasteiger partial charge is 0.157 e. The molecule has 1 fully saturated rings. The Kier molecular flexibility index (Phi) is 1.32. The van der Waals surface area contributed by atoms with Gasteiger partial charge in [0.1, 0.15) is 0 Å². The highest BCUT2D eigenvalue weighted by molar-refractivity contribution is 6.00. The topological polar surface area (TPSA) is 43.1 Å². The zero-order valence-electron chi connectivity index (χ0n) is 8.16. The third kappa shape index (κ3) is 0.735. The molecular weight excluding hydrogens is 174 g/mol. The number of fused-ring (bicyclic) bond motifs is 3. The average Bonchev–Trinajstić information content (AvgIpc) is 2.54. The van der Waals surface area contributed by atoms with E-state index in [1.165, 1.54) is 11.1 Å². The number of hydrogen-bond donors (Lipinski definition) is 1. The lowest BCUT2D eigenvalue weighted by Crippen LogP contribution is -2.64. The van der Waals surface area contributed by atoms with Crippen molar-refractivity contribution in [3.05, 3.63) is 35.4 Å². The zero-order valence-corrected chi connectivity index (χ0v) is 8.16. The maximum atomic E-state index is 11.7. The standard InChI is InChI=1S/C12H13NO/c1-12(13)10-8-5-3-2-4-7(8)6-9(10)11(12)14/h2-5,9-10H,6,13H2,1H3. The minimum atomic E-state index is -0.614. The second-order valence-electron chi connectivity index (χ2n) is 4.63. The van der Waals surface area contributed by atoms with Gasteiger partial charge in [0.25, 0.3) is 0 Å². The van der Waals surface area contributed by atoms with Crippen LogP contribution in [0.25, 0.3) is 0 Å². The van der Waals surface area contributed by atoms with Gasteiger partial charge in [-0.15, -0.1) is 0 Å². The van der Waals surface area contributed by atoms with Crippen LogP contribution in [0.5, 0.6) is 0 Å². The molecule has 1 aromatic carbocycles. The highest BCUT2D eigenvalue weighted by atomic mass is 16.1. The molecule has 2 N–H and O–H groups in total. The number of benzene rings is 1. The lowest BCUT2D eigenvalue weighted by atomic mass is 9.59. The Morgan fingerprint density at radius 3 is 2.93 bits per heavy atom. The Labute approximate surface area is 83.1 Å². The average molecular weight is 187 g/mol. The van der Waals surface area contributed by atoms with Crippen LogP contribution in [0.1, 0.15) is 24.0 Å². The van der Waals surface area contributed by atoms with Crippen LogP contribution >= 0.6 is 0 Å². The SMILES string of the molecule is CC1(N)C(=O)C2Cc3ccccc3C21. The fourth-order valence-corrected chi connectivity index (χ4v) is 3.04. The quantitative estimate of drug-likeness (QED) is 0.664. The van der Waals surface area contributed by atoms with Gasteiger partial charge in [-0.25, -0.2) is 0 Å². The number of hydrogen-bond acceptors (Lipinski definition) is 2. The largest absolute Gasteiger partial charge is 0.319 e. The van der Waals surface area contributed by atoms with Gasteiger partial charge in [-0.3, -0.25) is 4.79 Å². The number of carbonyl (C=O) groups is 1. The summed E-state index contributed by atoms with van der Waals surface area (Å²) in [5.41, 5.74) is 8.01. The molecule has 1 aromatic rings. The summed E-state index contributed by atoms with van der Waals surface area (Å²) in [6.45, 7) is 1.86. The minimum Gasteiger partial charge on any atom is -0.319 e. The van der Waals surface area contributed by atoms with E-state index in [0.29, 0.717) is 0 Å². The van der Waals surface area contributed by atoms with Crippen molar-refractivity contribution in [3.8, 4) is 0 Å². The molecule has 3 atom stereocenters. The molecular formula is C12H13NO. The van der Waals surface area contributed by atoms with Crippen molar-refractivity contribution in [2.45, 2.75) is 24.8 Å². The third-order valence-corrected chi connectivity index (χ3v) is 3.75. The summed E-state index contributed by atoms with van der Waals surface area (Å²) in [4.78, 5) is 11.7. The van der Waals surface area contributed by atoms with Gasteiger partial charge in [0.2, 0.25) is 0 Å². The summed E-state index contributed by atoms with van der Waals surface area (Å²) in [5, 5.41) is 0. The Bertz CT molecular complexity index is 422. The Balaban J connectivity index is 2.13. The van der Waals surface area contributed by atoms with Gasteiger partial charge in [-0.2, -0.15) is 0 Å². The summed E-state index contributed by atoms with van der Waals surface area (Å²) in [6, 6.07) is 8.27. The van der Waals surface area contributed by atoms with Crippen molar-refractivity contribution in [1.29, 1.82) is 0 Å². The van der Waals surface area contributed by atoms with Crippen LogP contribution in [0.4, 0.5) is 0 Å². The van der Waals surface area contributed by atoms with Crippen molar-refractivity contribution in [1.82, 2.24) is 0 Å². The van der Waals surface area contributed by atoms with Crippen molar-refractivity contribution in [2.24, 2.45) is 11.7 Å². The van der Waals surface area contributed by atoms with Crippen LogP contribution in [-0.4, -0.2) is 11.3 Å². The molecule has 0 bridgehead atoms. The van der Waals surface area contributed by atoms with Crippen LogP contribution in [0.3, 0.4) is 0 Å². The normalized spacial score (nSPS) is 38.9. The molecule has 0 spiro atoms. The highest BCUT2D eigenvalue weighted by Crippen LogP contribution is 2.53. The Hall–Kier alpha value is -1.15. The van der Waals surface area contributed by atoms with Gasteiger partial charge in [-0.1, -0.05) is 24.3 Å². The minimum absolute atomic E-state index is 0.169. The van der Waals surface area contributed by atoms with Crippen LogP contribution in [0.15, 0.2) is 24.3 Å². The molecule has 2 aliphatic carbocycles. The molecule has 2 aliphatic rings. The predicted octanol–water partition coefficient (Wildman–Crippen LogP) is 1.24. The summed E-state index contributed by atoms with van der Waals surface area (Å²) < 4.78 is 0. The first-order valence-electron chi connectivity index (χ1n) is 5.03. The molecule has 3 rings (SSSR count). The third-order valence-electron chi connectivity index (χ3n) is 3.75. The van der Waals surface area contributed by atoms with E-state index >= 15 is 0 Å². The highest BCUT2D eigenvalue weighted by Gasteiger charge is 2.60. The van der Waals surface area contributed by atoms with E-state index in [1.807, 2.05) is 19.1 Å². The maximum Gasteiger partial charge on any atom is 0.157 e. The lowest BCUT2D eigenvalue weighted by Gasteiger charge is -2.45. The molecule has 72 valence electrons. The molecule has 0 radical (unpaired) electrons. The molecule has 0 aliphatic heterocycles. The van der Waals surface area contributed by atoms with Crippen LogP contribution in [0.2, 0.25) is 0 Å². The van der Waals surface area contributed by atoms with Gasteiger partial charge in [0.05, 0.1) is 5.54 Å². The molecule has 0 saturated heterocycles. The van der Waals surface area contributed by atoms with Gasteiger partial charge < -0.3 is 5.73 Å². The van der Waals surface area contributed by atoms with Crippen molar-refractivity contribution >= 4 is 5.78 Å². The number of ketones is 1. The van der Waals surface area contributed by atoms with Crippen molar-refractivity contribution < 1.29 is 4.79 Å². The molecule has 0 aromatic heterocycles. The fourth-order valence-electron chi connectivity index (χ4n) is 3.04. The molecule has 3 unspecified atom stereocenters. The number of nitrogens with two attached hydrogens (primary N) is 1. The van der Waals surface area contributed by atoms with Crippen molar-refractivity contribution in [3.63, 3.8) is 0 Å². The van der Waals surface area contributed by atoms with Crippen LogP contribution < -0.4 is 5.73 Å². The fraction of sp³-hybridized carbons (Fsp3) is 0.417. The molecule has 0 heterocycles. The number of rotatable bonds is 0. The summed E-state index contributed by atoms with van der Waals surface area (Å²) >= 11 is 0. The first-order valence-corrected chi connectivity index (χ1v) is 5.03. The number of Topliss-reactive ketones (excluding diaryl/α,β-unsaturated/α-hetero) is 1. The van der Waals surface area contributed by atoms with E-state index in [1.54, 1.807) is 0 Å². The van der Waals surface area contributed by atoms with Crippen LogP contribution in [-0.2, 0) is 11.2 Å². The molecule has 14 heavy (non-hydrogen) atoms. The molecule has 1 saturated carbocycles. The van der Waals surface area contributed by atoms with Gasteiger partial charge in [-0.05, 0) is 24.5 Å². The first-order chi connectivity index (χ1) is 6.62. The van der Waals surface area contributed by atoms with E-state index in [-0.39, 0.29) is 17.6 Å². The summed E-state index contributed by atoms with van der Waals surface area (Å²) in [6.07, 6.45) is 0.895. The second kappa shape index (κ2) is 2.26. The molecule has 0 amide bonds. The monoisotopic (exact) mass is 187 g/mol. The van der Waals surface area contributed by atoms with Crippen molar-refractivity contribution in [2.75, 3.05) is 0 Å². The van der Waals surface area contributed by atoms with E-state index in [4.69, 9.17) is 5.73 Å². The first kappa shape index (κ1) is 8.18. The van der Waals surface area contributed by atoms with E-state index in [2.05, 4.69) is 12.1 Å². The van der Waals surface area contributed by atoms with Gasteiger partial charge >= 0.3 is 0 Å². The predicted molar refractivity (Wildman–Crippen MR) is 54.0 cm³/mol. The zero-order chi connectivity index (χ0) is 9.92. The second-order valence-corrected chi connectivity index (χ2v) is 4.63. The van der Waals surface area contributed by atoms with E-state index in [0.717, 1.165) is 6.42 Å². The van der Waals surface area contributed by atoms with Gasteiger partial charge in [0.15, 0.2) is 5.78 Å². The van der Waals surface area contributed by atoms with Gasteiger partial charge in [0, 0.05) is 11.8 Å². The Morgan fingerprint density at radius 2 is 2.14 bits per heavy atom.